The lowest BCUT2D eigenvalue weighted by Crippen LogP contribution is -1.97. The molecule has 0 aliphatic carbocycles. The molecule has 0 unspecified atom stereocenters. The Kier molecular flexibility index (Phi) is 4.46. The minimum atomic E-state index is 0.497. The van der Waals surface area contributed by atoms with Crippen molar-refractivity contribution in [2.75, 3.05) is 12.5 Å². The minimum absolute atomic E-state index is 0.497. The Balaban J connectivity index is 2.08. The molecule has 0 aliphatic heterocycles. The van der Waals surface area contributed by atoms with Gasteiger partial charge in [-0.1, -0.05) is 11.6 Å². The average Bonchev–Trinajstić information content (AvgIpc) is 2.34. The van der Waals surface area contributed by atoms with E-state index in [0.29, 0.717) is 17.6 Å². The first-order chi connectivity index (χ1) is 8.29. The van der Waals surface area contributed by atoms with E-state index in [0.717, 1.165) is 29.5 Å². The molecule has 1 heterocycles. The molecule has 0 fully saturated rings. The SMILES string of the molecule is ClCCCCOc1ccc2ccc(Cl)nc2c1. The van der Waals surface area contributed by atoms with Crippen molar-refractivity contribution in [3.63, 3.8) is 0 Å². The highest BCUT2D eigenvalue weighted by atomic mass is 35.5. The molecule has 2 aromatic rings. The molecule has 0 amide bonds. The number of hydrogen-bond donors (Lipinski definition) is 0. The largest absolute Gasteiger partial charge is 0.494 e. The average molecular weight is 270 g/mol. The lowest BCUT2D eigenvalue weighted by atomic mass is 10.2. The highest BCUT2D eigenvalue weighted by Crippen LogP contribution is 2.21. The smallest absolute Gasteiger partial charge is 0.129 e. The summed E-state index contributed by atoms with van der Waals surface area (Å²) in [7, 11) is 0. The van der Waals surface area contributed by atoms with Gasteiger partial charge in [-0.15, -0.1) is 11.6 Å². The molecule has 0 radical (unpaired) electrons. The lowest BCUT2D eigenvalue weighted by molar-refractivity contribution is 0.310. The van der Waals surface area contributed by atoms with Gasteiger partial charge in [0.05, 0.1) is 12.1 Å². The first-order valence-corrected chi connectivity index (χ1v) is 6.46. The van der Waals surface area contributed by atoms with Crippen molar-refractivity contribution in [3.8, 4) is 5.75 Å². The van der Waals surface area contributed by atoms with Crippen molar-refractivity contribution in [2.45, 2.75) is 12.8 Å². The number of rotatable bonds is 5. The number of halogens is 2. The van der Waals surface area contributed by atoms with Gasteiger partial charge in [-0.05, 0) is 37.1 Å². The van der Waals surface area contributed by atoms with Crippen LogP contribution >= 0.6 is 23.2 Å². The van der Waals surface area contributed by atoms with E-state index in [-0.39, 0.29) is 0 Å². The van der Waals surface area contributed by atoms with Crippen LogP contribution in [0.5, 0.6) is 5.75 Å². The number of aromatic nitrogens is 1. The summed E-state index contributed by atoms with van der Waals surface area (Å²) in [6, 6.07) is 9.56. The Bertz CT molecular complexity index is 502. The van der Waals surface area contributed by atoms with Gasteiger partial charge in [-0.3, -0.25) is 0 Å². The van der Waals surface area contributed by atoms with E-state index in [1.165, 1.54) is 0 Å². The molecule has 0 saturated carbocycles. The molecule has 90 valence electrons. The molecule has 4 heteroatoms. The molecule has 1 aromatic heterocycles. The van der Waals surface area contributed by atoms with Gasteiger partial charge < -0.3 is 4.74 Å². The van der Waals surface area contributed by atoms with Gasteiger partial charge in [-0.25, -0.2) is 4.98 Å². The van der Waals surface area contributed by atoms with Gasteiger partial charge in [0.2, 0.25) is 0 Å². The Morgan fingerprint density at radius 2 is 1.94 bits per heavy atom. The second kappa shape index (κ2) is 6.08. The lowest BCUT2D eigenvalue weighted by Gasteiger charge is -2.06. The highest BCUT2D eigenvalue weighted by molar-refractivity contribution is 6.29. The second-order valence-corrected chi connectivity index (χ2v) is 4.50. The van der Waals surface area contributed by atoms with Crippen molar-refractivity contribution >= 4 is 34.1 Å². The highest BCUT2D eigenvalue weighted by Gasteiger charge is 1.99. The predicted octanol–water partition coefficient (Wildman–Crippen LogP) is 4.29. The zero-order valence-electron chi connectivity index (χ0n) is 9.33. The minimum Gasteiger partial charge on any atom is -0.494 e. The van der Waals surface area contributed by atoms with Crippen LogP contribution in [0, 0.1) is 0 Å². The standard InChI is InChI=1S/C13H13Cl2NO/c14-7-1-2-8-17-11-5-3-10-4-6-13(15)16-12(10)9-11/h3-6,9H,1-2,7-8H2. The van der Waals surface area contributed by atoms with Crippen LogP contribution in [0.25, 0.3) is 10.9 Å². The number of unbranched alkanes of at least 4 members (excludes halogenated alkanes) is 1. The zero-order valence-corrected chi connectivity index (χ0v) is 10.8. The summed E-state index contributed by atoms with van der Waals surface area (Å²) in [5.74, 6) is 1.50. The molecule has 2 nitrogen and oxygen atoms in total. The van der Waals surface area contributed by atoms with Gasteiger partial charge in [0.15, 0.2) is 0 Å². The normalized spacial score (nSPS) is 10.7. The van der Waals surface area contributed by atoms with E-state index >= 15 is 0 Å². The molecule has 0 atom stereocenters. The zero-order chi connectivity index (χ0) is 12.1. The Morgan fingerprint density at radius 1 is 1.12 bits per heavy atom. The summed E-state index contributed by atoms with van der Waals surface area (Å²) in [5.41, 5.74) is 0.854. The maximum Gasteiger partial charge on any atom is 0.129 e. The molecule has 0 N–H and O–H groups in total. The van der Waals surface area contributed by atoms with Crippen molar-refractivity contribution in [3.05, 3.63) is 35.5 Å². The summed E-state index contributed by atoms with van der Waals surface area (Å²) in [6.07, 6.45) is 1.93. The van der Waals surface area contributed by atoms with Crippen molar-refractivity contribution < 1.29 is 4.74 Å². The molecule has 1 aromatic carbocycles. The number of fused-ring (bicyclic) bond motifs is 1. The van der Waals surface area contributed by atoms with Crippen LogP contribution in [-0.2, 0) is 0 Å². The molecule has 17 heavy (non-hydrogen) atoms. The van der Waals surface area contributed by atoms with Crippen molar-refractivity contribution in [1.82, 2.24) is 4.98 Å². The molecule has 0 aliphatic rings. The van der Waals surface area contributed by atoms with Crippen LogP contribution in [0.4, 0.5) is 0 Å². The third-order valence-corrected chi connectivity index (χ3v) is 2.90. The molecule has 2 rings (SSSR count). The van der Waals surface area contributed by atoms with E-state index in [2.05, 4.69) is 4.98 Å². The maximum atomic E-state index is 5.85. The summed E-state index contributed by atoms with van der Waals surface area (Å²) < 4.78 is 5.61. The monoisotopic (exact) mass is 269 g/mol. The third kappa shape index (κ3) is 3.48. The Labute approximate surface area is 111 Å². The van der Waals surface area contributed by atoms with Gasteiger partial charge in [0, 0.05) is 17.3 Å². The molecule has 0 bridgehead atoms. The number of nitrogens with zero attached hydrogens (tertiary/aromatic N) is 1. The number of ether oxygens (including phenoxy) is 1. The van der Waals surface area contributed by atoms with Crippen LogP contribution in [-0.4, -0.2) is 17.5 Å². The van der Waals surface area contributed by atoms with Gasteiger partial charge in [0.25, 0.3) is 0 Å². The topological polar surface area (TPSA) is 22.1 Å². The Hall–Kier alpha value is -0.990. The van der Waals surface area contributed by atoms with E-state index in [9.17, 15) is 0 Å². The van der Waals surface area contributed by atoms with Crippen LogP contribution in [0.2, 0.25) is 5.15 Å². The number of pyridine rings is 1. The summed E-state index contributed by atoms with van der Waals surface area (Å²) in [5, 5.41) is 1.55. The van der Waals surface area contributed by atoms with Gasteiger partial charge in [-0.2, -0.15) is 0 Å². The van der Waals surface area contributed by atoms with Crippen molar-refractivity contribution in [1.29, 1.82) is 0 Å². The fraction of sp³-hybridized carbons (Fsp3) is 0.308. The maximum absolute atomic E-state index is 5.85. The Morgan fingerprint density at radius 3 is 2.76 bits per heavy atom. The number of hydrogen-bond acceptors (Lipinski definition) is 2. The van der Waals surface area contributed by atoms with E-state index in [4.69, 9.17) is 27.9 Å². The van der Waals surface area contributed by atoms with E-state index in [1.807, 2.05) is 24.3 Å². The molecule has 0 saturated heterocycles. The van der Waals surface area contributed by atoms with Crippen LogP contribution < -0.4 is 4.74 Å². The fourth-order valence-corrected chi connectivity index (χ4v) is 1.89. The number of alkyl halides is 1. The van der Waals surface area contributed by atoms with Gasteiger partial charge >= 0.3 is 0 Å². The van der Waals surface area contributed by atoms with Crippen molar-refractivity contribution in [2.24, 2.45) is 0 Å². The van der Waals surface area contributed by atoms with Crippen LogP contribution in [0.15, 0.2) is 30.3 Å². The number of benzene rings is 1. The summed E-state index contributed by atoms with van der Waals surface area (Å²) in [6.45, 7) is 0.679. The summed E-state index contributed by atoms with van der Waals surface area (Å²) in [4.78, 5) is 4.25. The third-order valence-electron chi connectivity index (χ3n) is 2.43. The molecule has 0 spiro atoms. The quantitative estimate of drug-likeness (QED) is 0.459. The predicted molar refractivity (Wildman–Crippen MR) is 72.2 cm³/mol. The van der Waals surface area contributed by atoms with E-state index < -0.39 is 0 Å². The van der Waals surface area contributed by atoms with Crippen LogP contribution in [0.1, 0.15) is 12.8 Å². The van der Waals surface area contributed by atoms with E-state index in [1.54, 1.807) is 6.07 Å². The fourth-order valence-electron chi connectivity index (χ4n) is 1.55. The summed E-state index contributed by atoms with van der Waals surface area (Å²) >= 11 is 11.4. The second-order valence-electron chi connectivity index (χ2n) is 3.73. The van der Waals surface area contributed by atoms with Gasteiger partial charge in [0.1, 0.15) is 10.9 Å². The first-order valence-electron chi connectivity index (χ1n) is 5.54. The van der Waals surface area contributed by atoms with Crippen LogP contribution in [0.3, 0.4) is 0 Å². The first kappa shape index (κ1) is 12.5. The molecular formula is C13H13Cl2NO. The molecular weight excluding hydrogens is 257 g/mol.